The van der Waals surface area contributed by atoms with Crippen LogP contribution in [0.4, 0.5) is 4.39 Å². The second kappa shape index (κ2) is 6.60. The van der Waals surface area contributed by atoms with Crippen molar-refractivity contribution in [3.8, 4) is 0 Å². The van der Waals surface area contributed by atoms with Crippen molar-refractivity contribution in [3.05, 3.63) is 35.3 Å². The predicted octanol–water partition coefficient (Wildman–Crippen LogP) is 5.57. The highest BCUT2D eigenvalue weighted by molar-refractivity contribution is 5.88. The molecule has 0 aromatic carbocycles. The van der Waals surface area contributed by atoms with Gasteiger partial charge in [0.05, 0.1) is 6.33 Å². The standard InChI is InChI=1S/C24H32FNO/c1-2-24-14-17(15-25)23-19-8-6-18(26-11-3-4-12-26)13-16(19)5-7-20(23)21(24)9-10-22(24)27/h5,13,15,19-21,23H,2-4,6-12,14H2,1H3/b17-15+. The van der Waals surface area contributed by atoms with E-state index in [0.29, 0.717) is 42.3 Å². The van der Waals surface area contributed by atoms with Crippen LogP contribution in [0, 0.1) is 29.1 Å². The van der Waals surface area contributed by atoms with Gasteiger partial charge in [0, 0.05) is 30.6 Å². The van der Waals surface area contributed by atoms with Gasteiger partial charge in [-0.25, -0.2) is 4.39 Å². The molecule has 0 aromatic heterocycles. The lowest BCUT2D eigenvalue weighted by Gasteiger charge is -2.53. The Balaban J connectivity index is 1.49. The molecule has 0 N–H and O–H groups in total. The lowest BCUT2D eigenvalue weighted by Crippen LogP contribution is -2.48. The average molecular weight is 370 g/mol. The molecule has 0 spiro atoms. The van der Waals surface area contributed by atoms with Crippen LogP contribution in [-0.2, 0) is 4.79 Å². The molecule has 0 bridgehead atoms. The molecule has 27 heavy (non-hydrogen) atoms. The van der Waals surface area contributed by atoms with E-state index < -0.39 is 0 Å². The molecule has 2 nitrogen and oxygen atoms in total. The van der Waals surface area contributed by atoms with E-state index in [2.05, 4.69) is 24.0 Å². The van der Waals surface area contributed by atoms with Crippen LogP contribution in [0.5, 0.6) is 0 Å². The highest BCUT2D eigenvalue weighted by atomic mass is 19.1. The average Bonchev–Trinajstić information content (AvgIpc) is 3.35. The van der Waals surface area contributed by atoms with Crippen LogP contribution in [-0.4, -0.2) is 23.8 Å². The van der Waals surface area contributed by atoms with E-state index in [-0.39, 0.29) is 5.41 Å². The van der Waals surface area contributed by atoms with Crippen LogP contribution in [0.2, 0.25) is 0 Å². The Kier molecular flexibility index (Phi) is 4.33. The van der Waals surface area contributed by atoms with E-state index in [1.54, 1.807) is 0 Å². The van der Waals surface area contributed by atoms with Gasteiger partial charge in [-0.1, -0.05) is 13.0 Å². The fraction of sp³-hybridized carbons (Fsp3) is 0.708. The third-order valence-electron chi connectivity index (χ3n) is 8.69. The summed E-state index contributed by atoms with van der Waals surface area (Å²) in [4.78, 5) is 15.4. The molecule has 5 aliphatic rings. The molecule has 1 saturated heterocycles. The van der Waals surface area contributed by atoms with Crippen molar-refractivity contribution >= 4 is 5.78 Å². The second-order valence-electron chi connectivity index (χ2n) is 9.54. The molecular weight excluding hydrogens is 337 g/mol. The minimum Gasteiger partial charge on any atom is -0.375 e. The lowest BCUT2D eigenvalue weighted by molar-refractivity contribution is -0.130. The van der Waals surface area contributed by atoms with Crippen molar-refractivity contribution < 1.29 is 9.18 Å². The zero-order chi connectivity index (χ0) is 18.6. The number of carbonyl (C=O) groups is 1. The summed E-state index contributed by atoms with van der Waals surface area (Å²) in [7, 11) is 0. The highest BCUT2D eigenvalue weighted by Crippen LogP contribution is 2.62. The topological polar surface area (TPSA) is 20.3 Å². The van der Waals surface area contributed by atoms with Crippen molar-refractivity contribution in [2.45, 2.75) is 64.7 Å². The zero-order valence-electron chi connectivity index (χ0n) is 16.6. The number of Topliss-reactive ketones (excluding diaryl/α,β-unsaturated/α-hetero) is 1. The van der Waals surface area contributed by atoms with Gasteiger partial charge in [0.25, 0.3) is 0 Å². The molecule has 2 saturated carbocycles. The summed E-state index contributed by atoms with van der Waals surface area (Å²) in [6, 6.07) is 0. The van der Waals surface area contributed by atoms with Gasteiger partial charge in [0.15, 0.2) is 0 Å². The number of halogens is 1. The van der Waals surface area contributed by atoms with Crippen LogP contribution in [0.15, 0.2) is 35.3 Å². The first-order valence-electron chi connectivity index (χ1n) is 11.2. The number of fused-ring (bicyclic) bond motifs is 5. The minimum atomic E-state index is -0.268. The van der Waals surface area contributed by atoms with Crippen LogP contribution in [0.1, 0.15) is 64.7 Å². The number of nitrogens with zero attached hydrogens (tertiary/aromatic N) is 1. The molecule has 0 aromatic rings. The first-order chi connectivity index (χ1) is 13.2. The van der Waals surface area contributed by atoms with Gasteiger partial charge in [-0.05, 0) is 92.3 Å². The molecule has 3 fully saturated rings. The summed E-state index contributed by atoms with van der Waals surface area (Å²) in [6.07, 6.45) is 15.0. The number of carbonyl (C=O) groups excluding carboxylic acids is 1. The Morgan fingerprint density at radius 3 is 2.81 bits per heavy atom. The molecule has 5 unspecified atom stereocenters. The molecule has 5 rings (SSSR count). The van der Waals surface area contributed by atoms with Crippen LogP contribution in [0.3, 0.4) is 0 Å². The van der Waals surface area contributed by atoms with Crippen LogP contribution >= 0.6 is 0 Å². The van der Waals surface area contributed by atoms with E-state index in [1.807, 2.05) is 0 Å². The predicted molar refractivity (Wildman–Crippen MR) is 106 cm³/mol. The molecule has 0 radical (unpaired) electrons. The number of hydrogen-bond donors (Lipinski definition) is 0. The molecular formula is C24H32FNO. The molecule has 4 aliphatic carbocycles. The third kappa shape index (κ3) is 2.53. The summed E-state index contributed by atoms with van der Waals surface area (Å²) < 4.78 is 14.1. The Labute approximate surface area is 162 Å². The van der Waals surface area contributed by atoms with Gasteiger partial charge in [-0.15, -0.1) is 0 Å². The Bertz CT molecular complexity index is 729. The normalized spacial score (nSPS) is 42.5. The molecule has 146 valence electrons. The van der Waals surface area contributed by atoms with Crippen molar-refractivity contribution in [2.75, 3.05) is 13.1 Å². The number of ketones is 1. The Hall–Kier alpha value is -1.38. The fourth-order valence-corrected chi connectivity index (χ4v) is 7.41. The first-order valence-corrected chi connectivity index (χ1v) is 11.2. The van der Waals surface area contributed by atoms with E-state index in [0.717, 1.165) is 44.0 Å². The molecule has 1 heterocycles. The number of rotatable bonds is 2. The van der Waals surface area contributed by atoms with E-state index in [1.165, 1.54) is 37.2 Å². The van der Waals surface area contributed by atoms with Gasteiger partial charge >= 0.3 is 0 Å². The van der Waals surface area contributed by atoms with Crippen LogP contribution in [0.25, 0.3) is 0 Å². The summed E-state index contributed by atoms with van der Waals surface area (Å²) in [5, 5.41) is 0. The smallest absolute Gasteiger partial charge is 0.139 e. The number of likely N-dealkylation sites (tertiary alicyclic amines) is 1. The largest absolute Gasteiger partial charge is 0.375 e. The van der Waals surface area contributed by atoms with Crippen LogP contribution < -0.4 is 0 Å². The van der Waals surface area contributed by atoms with Gasteiger partial charge in [-0.3, -0.25) is 4.79 Å². The molecule has 3 heteroatoms. The third-order valence-corrected chi connectivity index (χ3v) is 8.69. The maximum Gasteiger partial charge on any atom is 0.139 e. The minimum absolute atomic E-state index is 0.268. The SMILES string of the molecule is CCC12C/C(=C\F)C3C4CCC(N5CCCC5)=CC4=CCC3C1CCC2=O. The quantitative estimate of drug-likeness (QED) is 0.634. The van der Waals surface area contributed by atoms with Crippen molar-refractivity contribution in [3.63, 3.8) is 0 Å². The summed E-state index contributed by atoms with van der Waals surface area (Å²) >= 11 is 0. The van der Waals surface area contributed by atoms with Gasteiger partial charge in [0.1, 0.15) is 5.78 Å². The van der Waals surface area contributed by atoms with Crippen molar-refractivity contribution in [1.82, 2.24) is 4.90 Å². The Morgan fingerprint density at radius 2 is 2.07 bits per heavy atom. The van der Waals surface area contributed by atoms with Crippen molar-refractivity contribution in [1.29, 1.82) is 0 Å². The fourth-order valence-electron chi connectivity index (χ4n) is 7.41. The second-order valence-corrected chi connectivity index (χ2v) is 9.54. The Morgan fingerprint density at radius 1 is 1.26 bits per heavy atom. The maximum atomic E-state index is 14.1. The van der Waals surface area contributed by atoms with Gasteiger partial charge in [-0.2, -0.15) is 0 Å². The first kappa shape index (κ1) is 17.7. The summed E-state index contributed by atoms with van der Waals surface area (Å²) in [5.41, 5.74) is 3.64. The lowest BCUT2D eigenvalue weighted by atomic mass is 9.51. The van der Waals surface area contributed by atoms with Gasteiger partial charge in [0.2, 0.25) is 0 Å². The summed E-state index contributed by atoms with van der Waals surface area (Å²) in [5.74, 6) is 2.11. The zero-order valence-corrected chi connectivity index (χ0v) is 16.6. The van der Waals surface area contributed by atoms with E-state index >= 15 is 0 Å². The van der Waals surface area contributed by atoms with E-state index in [4.69, 9.17) is 0 Å². The van der Waals surface area contributed by atoms with E-state index in [9.17, 15) is 9.18 Å². The van der Waals surface area contributed by atoms with Gasteiger partial charge < -0.3 is 4.90 Å². The molecule has 0 amide bonds. The number of allylic oxidation sites excluding steroid dienone is 5. The monoisotopic (exact) mass is 369 g/mol. The number of hydrogen-bond acceptors (Lipinski definition) is 2. The summed E-state index contributed by atoms with van der Waals surface area (Å²) in [6.45, 7) is 4.55. The van der Waals surface area contributed by atoms with Crippen molar-refractivity contribution in [2.24, 2.45) is 29.1 Å². The maximum absolute atomic E-state index is 14.1. The highest BCUT2D eigenvalue weighted by Gasteiger charge is 2.58. The molecule has 1 aliphatic heterocycles. The molecule has 5 atom stereocenters.